The highest BCUT2D eigenvalue weighted by molar-refractivity contribution is 5.74. The second-order valence-corrected chi connectivity index (χ2v) is 5.92. The predicted molar refractivity (Wildman–Crippen MR) is 86.3 cm³/mol. The van der Waals surface area contributed by atoms with Crippen LogP contribution in [0.4, 0.5) is 18.0 Å². The van der Waals surface area contributed by atoms with E-state index in [1.54, 1.807) is 29.6 Å². The van der Waals surface area contributed by atoms with E-state index in [2.05, 4.69) is 20.0 Å². The minimum absolute atomic E-state index is 0.111. The average molecular weight is 366 g/mol. The molecule has 1 N–H and O–H groups in total. The number of nitrogens with zero attached hydrogens (tertiary/aromatic N) is 3. The van der Waals surface area contributed by atoms with Crippen molar-refractivity contribution in [2.75, 3.05) is 13.1 Å². The van der Waals surface area contributed by atoms with Gasteiger partial charge in [-0.3, -0.25) is 9.97 Å². The summed E-state index contributed by atoms with van der Waals surface area (Å²) in [6.45, 7) is 1.23. The lowest BCUT2D eigenvalue weighted by molar-refractivity contribution is -0.274. The summed E-state index contributed by atoms with van der Waals surface area (Å²) in [4.78, 5) is 22.2. The number of hydrogen-bond acceptors (Lipinski definition) is 4. The Balaban J connectivity index is 1.52. The number of alkyl halides is 3. The van der Waals surface area contributed by atoms with Gasteiger partial charge < -0.3 is 15.0 Å². The predicted octanol–water partition coefficient (Wildman–Crippen LogP) is 3.07. The Hall–Kier alpha value is -2.84. The number of rotatable bonds is 4. The van der Waals surface area contributed by atoms with Gasteiger partial charge in [0.15, 0.2) is 0 Å². The molecule has 0 spiro atoms. The van der Waals surface area contributed by atoms with Crippen LogP contribution in [0.15, 0.2) is 42.9 Å². The van der Waals surface area contributed by atoms with Gasteiger partial charge in [-0.2, -0.15) is 0 Å². The van der Waals surface area contributed by atoms with Crippen molar-refractivity contribution in [2.24, 2.45) is 0 Å². The molecule has 0 aliphatic carbocycles. The van der Waals surface area contributed by atoms with Gasteiger partial charge >= 0.3 is 12.4 Å². The normalized spacial score (nSPS) is 17.2. The molecule has 2 aromatic rings. The molecular weight excluding hydrogens is 349 g/mol. The third-order valence-electron chi connectivity index (χ3n) is 4.05. The molecule has 1 aliphatic heterocycles. The molecule has 1 unspecified atom stereocenters. The van der Waals surface area contributed by atoms with E-state index in [4.69, 9.17) is 0 Å². The Morgan fingerprint density at radius 1 is 1.35 bits per heavy atom. The van der Waals surface area contributed by atoms with E-state index in [-0.39, 0.29) is 24.2 Å². The number of hydrogen-bond donors (Lipinski definition) is 1. The first-order chi connectivity index (χ1) is 12.4. The maximum absolute atomic E-state index is 12.3. The molecule has 1 aromatic carbocycles. The molecule has 1 fully saturated rings. The summed E-state index contributed by atoms with van der Waals surface area (Å²) < 4.78 is 40.7. The van der Waals surface area contributed by atoms with Crippen molar-refractivity contribution in [3.05, 3.63) is 54.1 Å². The summed E-state index contributed by atoms with van der Waals surface area (Å²) in [6, 6.07) is 5.27. The van der Waals surface area contributed by atoms with Gasteiger partial charge in [0, 0.05) is 44.1 Å². The Morgan fingerprint density at radius 2 is 2.19 bits per heavy atom. The van der Waals surface area contributed by atoms with Crippen molar-refractivity contribution in [3.8, 4) is 5.75 Å². The molecule has 0 bridgehead atoms. The van der Waals surface area contributed by atoms with Gasteiger partial charge in [0.25, 0.3) is 0 Å². The van der Waals surface area contributed by atoms with Crippen molar-refractivity contribution in [1.82, 2.24) is 20.2 Å². The fourth-order valence-corrected chi connectivity index (χ4v) is 2.85. The number of carbonyl (C=O) groups is 1. The number of amides is 2. The summed E-state index contributed by atoms with van der Waals surface area (Å²) >= 11 is 0. The SMILES string of the molecule is O=C(NCc1cccc(OC(F)(F)F)c1)N1CCC(c2cnccn2)C1. The molecule has 1 atom stereocenters. The molecule has 1 aromatic heterocycles. The summed E-state index contributed by atoms with van der Waals surface area (Å²) in [5.74, 6) is -0.175. The number of carbonyl (C=O) groups excluding carboxylic acids is 1. The van der Waals surface area contributed by atoms with Crippen molar-refractivity contribution in [2.45, 2.75) is 25.2 Å². The van der Waals surface area contributed by atoms with Crippen molar-refractivity contribution >= 4 is 6.03 Å². The smallest absolute Gasteiger partial charge is 0.406 e. The zero-order valence-corrected chi connectivity index (χ0v) is 13.7. The molecule has 9 heteroatoms. The van der Waals surface area contributed by atoms with E-state index in [1.165, 1.54) is 18.2 Å². The number of benzene rings is 1. The van der Waals surface area contributed by atoms with Crippen LogP contribution in [-0.2, 0) is 6.54 Å². The highest BCUT2D eigenvalue weighted by Gasteiger charge is 2.31. The standard InChI is InChI=1S/C17H17F3N4O2/c18-17(19,20)26-14-3-1-2-12(8-14)9-23-16(25)24-7-4-13(11-24)15-10-21-5-6-22-15/h1-3,5-6,8,10,13H,4,7,9,11H2,(H,23,25). The first-order valence-electron chi connectivity index (χ1n) is 8.04. The lowest BCUT2D eigenvalue weighted by atomic mass is 10.1. The Labute approximate surface area is 148 Å². The molecule has 1 saturated heterocycles. The van der Waals surface area contributed by atoms with E-state index in [1.807, 2.05) is 0 Å². The molecular formula is C17H17F3N4O2. The van der Waals surface area contributed by atoms with Crippen LogP contribution in [0.25, 0.3) is 0 Å². The maximum atomic E-state index is 12.3. The Kier molecular flexibility index (Phi) is 5.24. The number of likely N-dealkylation sites (tertiary alicyclic amines) is 1. The molecule has 26 heavy (non-hydrogen) atoms. The number of aromatic nitrogens is 2. The second kappa shape index (κ2) is 7.59. The topological polar surface area (TPSA) is 67.3 Å². The zero-order valence-electron chi connectivity index (χ0n) is 13.7. The molecule has 138 valence electrons. The summed E-state index contributed by atoms with van der Waals surface area (Å²) in [7, 11) is 0. The van der Waals surface area contributed by atoms with Gasteiger partial charge in [-0.05, 0) is 24.1 Å². The van der Waals surface area contributed by atoms with Crippen LogP contribution in [0.5, 0.6) is 5.75 Å². The maximum Gasteiger partial charge on any atom is 0.573 e. The average Bonchev–Trinajstić information content (AvgIpc) is 3.09. The third kappa shape index (κ3) is 4.84. The fraction of sp³-hybridized carbons (Fsp3) is 0.353. The van der Waals surface area contributed by atoms with Gasteiger partial charge in [-0.15, -0.1) is 13.2 Å². The quantitative estimate of drug-likeness (QED) is 0.903. The lowest BCUT2D eigenvalue weighted by Gasteiger charge is -2.17. The van der Waals surface area contributed by atoms with E-state index < -0.39 is 6.36 Å². The summed E-state index contributed by atoms with van der Waals surface area (Å²) in [5, 5.41) is 2.72. The first kappa shape index (κ1) is 18.0. The monoisotopic (exact) mass is 366 g/mol. The van der Waals surface area contributed by atoms with Crippen molar-refractivity contribution in [3.63, 3.8) is 0 Å². The highest BCUT2D eigenvalue weighted by Crippen LogP contribution is 2.25. The second-order valence-electron chi connectivity index (χ2n) is 5.92. The number of ether oxygens (including phenoxy) is 1. The Morgan fingerprint density at radius 3 is 2.92 bits per heavy atom. The first-order valence-corrected chi connectivity index (χ1v) is 8.04. The third-order valence-corrected chi connectivity index (χ3v) is 4.05. The lowest BCUT2D eigenvalue weighted by Crippen LogP contribution is -2.38. The van der Waals surface area contributed by atoms with Crippen molar-refractivity contribution in [1.29, 1.82) is 0 Å². The molecule has 1 aliphatic rings. The van der Waals surface area contributed by atoms with E-state index in [0.717, 1.165) is 12.1 Å². The van der Waals surface area contributed by atoms with Gasteiger partial charge in [-0.1, -0.05) is 12.1 Å². The molecule has 6 nitrogen and oxygen atoms in total. The zero-order chi connectivity index (χ0) is 18.6. The highest BCUT2D eigenvalue weighted by atomic mass is 19.4. The van der Waals surface area contributed by atoms with Gasteiger partial charge in [-0.25, -0.2) is 4.79 Å². The van der Waals surface area contributed by atoms with E-state index in [0.29, 0.717) is 18.7 Å². The molecule has 2 amide bonds. The minimum Gasteiger partial charge on any atom is -0.406 e. The van der Waals surface area contributed by atoms with Crippen LogP contribution in [0.3, 0.4) is 0 Å². The molecule has 2 heterocycles. The van der Waals surface area contributed by atoms with E-state index in [9.17, 15) is 18.0 Å². The number of halogens is 3. The largest absolute Gasteiger partial charge is 0.573 e. The van der Waals surface area contributed by atoms with Crippen molar-refractivity contribution < 1.29 is 22.7 Å². The molecule has 0 saturated carbocycles. The van der Waals surface area contributed by atoms with Crippen LogP contribution in [0.1, 0.15) is 23.6 Å². The minimum atomic E-state index is -4.74. The fourth-order valence-electron chi connectivity index (χ4n) is 2.85. The van der Waals surface area contributed by atoms with Gasteiger partial charge in [0.05, 0.1) is 5.69 Å². The van der Waals surface area contributed by atoms with E-state index >= 15 is 0 Å². The summed E-state index contributed by atoms with van der Waals surface area (Å²) in [6.07, 6.45) is 0.958. The molecule has 3 rings (SSSR count). The number of nitrogens with one attached hydrogen (secondary N) is 1. The Bertz CT molecular complexity index is 755. The van der Waals surface area contributed by atoms with Gasteiger partial charge in [0.2, 0.25) is 0 Å². The summed E-state index contributed by atoms with van der Waals surface area (Å²) in [5.41, 5.74) is 1.37. The molecule has 0 radical (unpaired) electrons. The van der Waals surface area contributed by atoms with Crippen LogP contribution in [-0.4, -0.2) is 40.4 Å². The van der Waals surface area contributed by atoms with Crippen LogP contribution < -0.4 is 10.1 Å². The van der Waals surface area contributed by atoms with Crippen LogP contribution >= 0.6 is 0 Å². The van der Waals surface area contributed by atoms with Crippen LogP contribution in [0.2, 0.25) is 0 Å². The number of urea groups is 1. The van der Waals surface area contributed by atoms with Gasteiger partial charge in [0.1, 0.15) is 5.75 Å². The van der Waals surface area contributed by atoms with Crippen LogP contribution in [0, 0.1) is 0 Å².